The van der Waals surface area contributed by atoms with Gasteiger partial charge in [-0.15, -0.1) is 0 Å². The van der Waals surface area contributed by atoms with Crippen molar-refractivity contribution in [2.24, 2.45) is 0 Å². The molecule has 25 heavy (non-hydrogen) atoms. The van der Waals surface area contributed by atoms with Gasteiger partial charge in [0.05, 0.1) is 0 Å². The Bertz CT molecular complexity index is 491. The van der Waals surface area contributed by atoms with E-state index in [0.717, 1.165) is 18.4 Å². The SMILES string of the molecule is CCCCCCCCCCCC=CCCc1ccccc1OC(C)=O. The molecule has 0 aromatic heterocycles. The zero-order valence-electron chi connectivity index (χ0n) is 16.3. The molecule has 0 aliphatic rings. The number of rotatable bonds is 14. The van der Waals surface area contributed by atoms with Crippen molar-refractivity contribution in [2.75, 3.05) is 0 Å². The Labute approximate surface area is 154 Å². The molecule has 0 N–H and O–H groups in total. The zero-order valence-corrected chi connectivity index (χ0v) is 16.3. The van der Waals surface area contributed by atoms with E-state index in [2.05, 4.69) is 19.1 Å². The first-order chi connectivity index (χ1) is 12.2. The highest BCUT2D eigenvalue weighted by molar-refractivity contribution is 5.69. The second kappa shape index (κ2) is 14.7. The average Bonchev–Trinajstić information content (AvgIpc) is 2.60. The molecule has 0 bridgehead atoms. The fraction of sp³-hybridized carbons (Fsp3) is 0.609. The third kappa shape index (κ3) is 11.6. The molecule has 2 heteroatoms. The van der Waals surface area contributed by atoms with Crippen LogP contribution in [-0.2, 0) is 11.2 Å². The lowest BCUT2D eigenvalue weighted by atomic mass is 10.1. The largest absolute Gasteiger partial charge is 0.426 e. The van der Waals surface area contributed by atoms with Crippen LogP contribution in [0.2, 0.25) is 0 Å². The van der Waals surface area contributed by atoms with Crippen molar-refractivity contribution in [3.8, 4) is 5.75 Å². The molecule has 0 atom stereocenters. The molecule has 0 amide bonds. The number of allylic oxidation sites excluding steroid dienone is 2. The van der Waals surface area contributed by atoms with Crippen LogP contribution in [0.4, 0.5) is 0 Å². The topological polar surface area (TPSA) is 26.3 Å². The van der Waals surface area contributed by atoms with Crippen LogP contribution in [0.25, 0.3) is 0 Å². The minimum Gasteiger partial charge on any atom is -0.426 e. The van der Waals surface area contributed by atoms with Gasteiger partial charge in [-0.3, -0.25) is 4.79 Å². The fourth-order valence-electron chi connectivity index (χ4n) is 3.01. The minimum absolute atomic E-state index is 0.256. The normalized spacial score (nSPS) is 11.1. The second-order valence-corrected chi connectivity index (χ2v) is 6.83. The smallest absolute Gasteiger partial charge is 0.308 e. The molecule has 0 aliphatic heterocycles. The van der Waals surface area contributed by atoms with E-state index in [1.54, 1.807) is 0 Å². The number of hydrogen-bond donors (Lipinski definition) is 0. The number of esters is 1. The van der Waals surface area contributed by atoms with Crippen LogP contribution < -0.4 is 4.74 Å². The molecule has 0 aliphatic carbocycles. The molecule has 0 fully saturated rings. The van der Waals surface area contributed by atoms with Crippen LogP contribution in [0.1, 0.15) is 90.0 Å². The molecule has 2 nitrogen and oxygen atoms in total. The lowest BCUT2D eigenvalue weighted by Crippen LogP contribution is -2.03. The van der Waals surface area contributed by atoms with Gasteiger partial charge >= 0.3 is 5.97 Å². The Morgan fingerprint density at radius 1 is 0.880 bits per heavy atom. The monoisotopic (exact) mass is 344 g/mol. The molecular formula is C23H36O2. The first-order valence-corrected chi connectivity index (χ1v) is 10.2. The summed E-state index contributed by atoms with van der Waals surface area (Å²) in [6.45, 7) is 3.72. The van der Waals surface area contributed by atoms with E-state index < -0.39 is 0 Å². The molecule has 140 valence electrons. The van der Waals surface area contributed by atoms with E-state index in [0.29, 0.717) is 5.75 Å². The lowest BCUT2D eigenvalue weighted by Gasteiger charge is -2.07. The third-order valence-corrected chi connectivity index (χ3v) is 4.45. The number of hydrogen-bond acceptors (Lipinski definition) is 2. The van der Waals surface area contributed by atoms with Gasteiger partial charge in [0, 0.05) is 6.92 Å². The first-order valence-electron chi connectivity index (χ1n) is 10.2. The van der Waals surface area contributed by atoms with Crippen LogP contribution in [0, 0.1) is 0 Å². The van der Waals surface area contributed by atoms with Gasteiger partial charge in [-0.1, -0.05) is 88.6 Å². The first kappa shape index (κ1) is 21.5. The number of carbonyl (C=O) groups is 1. The summed E-state index contributed by atoms with van der Waals surface area (Å²) >= 11 is 0. The van der Waals surface area contributed by atoms with Crippen molar-refractivity contribution in [3.05, 3.63) is 42.0 Å². The molecule has 0 heterocycles. The number of ether oxygens (including phenoxy) is 1. The van der Waals surface area contributed by atoms with E-state index in [-0.39, 0.29) is 5.97 Å². The molecule has 0 radical (unpaired) electrons. The summed E-state index contributed by atoms with van der Waals surface area (Å²) in [7, 11) is 0. The Hall–Kier alpha value is -1.57. The Kier molecular flexibility index (Phi) is 12.7. The zero-order chi connectivity index (χ0) is 18.2. The molecule has 0 saturated heterocycles. The van der Waals surface area contributed by atoms with E-state index in [4.69, 9.17) is 4.74 Å². The fourth-order valence-corrected chi connectivity index (χ4v) is 3.01. The number of unbranched alkanes of at least 4 members (excludes halogenated alkanes) is 9. The van der Waals surface area contributed by atoms with E-state index in [1.165, 1.54) is 71.1 Å². The number of aryl methyl sites for hydroxylation is 1. The van der Waals surface area contributed by atoms with Crippen molar-refractivity contribution in [1.29, 1.82) is 0 Å². The maximum Gasteiger partial charge on any atom is 0.308 e. The van der Waals surface area contributed by atoms with Gasteiger partial charge < -0.3 is 4.74 Å². The molecule has 0 spiro atoms. The van der Waals surface area contributed by atoms with Crippen LogP contribution in [0.3, 0.4) is 0 Å². The maximum absolute atomic E-state index is 11.1. The Morgan fingerprint density at radius 2 is 1.48 bits per heavy atom. The lowest BCUT2D eigenvalue weighted by molar-refractivity contribution is -0.131. The number of benzene rings is 1. The predicted octanol–water partition coefficient (Wildman–Crippen LogP) is 7.02. The quantitative estimate of drug-likeness (QED) is 0.157. The van der Waals surface area contributed by atoms with Crippen LogP contribution in [0.5, 0.6) is 5.75 Å². The molecular weight excluding hydrogens is 308 g/mol. The van der Waals surface area contributed by atoms with Gasteiger partial charge in [0.2, 0.25) is 0 Å². The van der Waals surface area contributed by atoms with Crippen LogP contribution in [0.15, 0.2) is 36.4 Å². The van der Waals surface area contributed by atoms with E-state index in [1.807, 2.05) is 24.3 Å². The van der Waals surface area contributed by atoms with Crippen molar-refractivity contribution >= 4 is 5.97 Å². The van der Waals surface area contributed by atoms with Crippen molar-refractivity contribution in [3.63, 3.8) is 0 Å². The van der Waals surface area contributed by atoms with Gasteiger partial charge in [-0.25, -0.2) is 0 Å². The standard InChI is InChI=1S/C23H36O2/c1-3-4-5-6-7-8-9-10-11-12-13-14-15-18-22-19-16-17-20-23(22)25-21(2)24/h13-14,16-17,19-20H,3-12,15,18H2,1-2H3. The highest BCUT2D eigenvalue weighted by Crippen LogP contribution is 2.20. The molecule has 1 rings (SSSR count). The highest BCUT2D eigenvalue weighted by Gasteiger charge is 2.04. The van der Waals surface area contributed by atoms with Crippen LogP contribution in [-0.4, -0.2) is 5.97 Å². The number of carbonyl (C=O) groups excluding carboxylic acids is 1. The average molecular weight is 345 g/mol. The molecule has 1 aromatic carbocycles. The van der Waals surface area contributed by atoms with Crippen molar-refractivity contribution < 1.29 is 9.53 Å². The van der Waals surface area contributed by atoms with Crippen LogP contribution >= 0.6 is 0 Å². The summed E-state index contributed by atoms with van der Waals surface area (Å²) in [6.07, 6.45) is 20.1. The summed E-state index contributed by atoms with van der Waals surface area (Å²) in [4.78, 5) is 11.1. The van der Waals surface area contributed by atoms with Gasteiger partial charge in [0.25, 0.3) is 0 Å². The Balaban J connectivity index is 2.04. The van der Waals surface area contributed by atoms with E-state index >= 15 is 0 Å². The molecule has 0 saturated carbocycles. The summed E-state index contributed by atoms with van der Waals surface area (Å²) in [5.41, 5.74) is 1.10. The van der Waals surface area contributed by atoms with Crippen molar-refractivity contribution in [1.82, 2.24) is 0 Å². The summed E-state index contributed by atoms with van der Waals surface area (Å²) in [5.74, 6) is 0.440. The highest BCUT2D eigenvalue weighted by atomic mass is 16.5. The van der Waals surface area contributed by atoms with Gasteiger partial charge in [-0.2, -0.15) is 0 Å². The maximum atomic E-state index is 11.1. The third-order valence-electron chi connectivity index (χ3n) is 4.45. The van der Waals surface area contributed by atoms with E-state index in [9.17, 15) is 4.79 Å². The second-order valence-electron chi connectivity index (χ2n) is 6.83. The van der Waals surface area contributed by atoms with Crippen molar-refractivity contribution in [2.45, 2.75) is 90.9 Å². The predicted molar refractivity (Wildman–Crippen MR) is 107 cm³/mol. The summed E-state index contributed by atoms with van der Waals surface area (Å²) in [6, 6.07) is 7.80. The summed E-state index contributed by atoms with van der Waals surface area (Å²) < 4.78 is 5.25. The van der Waals surface area contributed by atoms with Gasteiger partial charge in [-0.05, 0) is 37.3 Å². The summed E-state index contributed by atoms with van der Waals surface area (Å²) in [5, 5.41) is 0. The van der Waals surface area contributed by atoms with Gasteiger partial charge in [0.1, 0.15) is 5.75 Å². The molecule has 1 aromatic rings. The Morgan fingerprint density at radius 3 is 2.16 bits per heavy atom. The molecule has 0 unspecified atom stereocenters. The van der Waals surface area contributed by atoms with Gasteiger partial charge in [0.15, 0.2) is 0 Å². The number of para-hydroxylation sites is 1. The minimum atomic E-state index is -0.256.